The molecular weight excluding hydrogens is 251 g/mol. The van der Waals surface area contributed by atoms with Crippen LogP contribution in [0.5, 0.6) is 0 Å². The average Bonchev–Trinajstić information content (AvgIpc) is 2.31. The standard InChI is InChI=1S/C14H22ClFN2/c1-9(2)10(3)18(4)14(8-17)12-6-5-11(15)7-13(12)16/h5-7,9-10,14H,8,17H2,1-4H3. The maximum atomic E-state index is 13.9. The van der Waals surface area contributed by atoms with Gasteiger partial charge >= 0.3 is 0 Å². The summed E-state index contributed by atoms with van der Waals surface area (Å²) in [5.41, 5.74) is 6.42. The Morgan fingerprint density at radius 2 is 1.94 bits per heavy atom. The third-order valence-corrected chi connectivity index (χ3v) is 3.88. The fourth-order valence-electron chi connectivity index (χ4n) is 2.04. The number of likely N-dealkylation sites (N-methyl/N-ethyl adjacent to an activating group) is 1. The molecule has 0 bridgehead atoms. The molecule has 102 valence electrons. The van der Waals surface area contributed by atoms with Crippen LogP contribution in [0.4, 0.5) is 4.39 Å². The summed E-state index contributed by atoms with van der Waals surface area (Å²) < 4.78 is 13.9. The summed E-state index contributed by atoms with van der Waals surface area (Å²) in [6, 6.07) is 4.97. The van der Waals surface area contributed by atoms with Gasteiger partial charge in [0, 0.05) is 29.2 Å². The van der Waals surface area contributed by atoms with E-state index >= 15 is 0 Å². The molecule has 0 radical (unpaired) electrons. The van der Waals surface area contributed by atoms with Crippen molar-refractivity contribution in [1.82, 2.24) is 4.90 Å². The number of rotatable bonds is 5. The highest BCUT2D eigenvalue weighted by molar-refractivity contribution is 6.30. The first-order valence-corrected chi connectivity index (χ1v) is 6.63. The van der Waals surface area contributed by atoms with Crippen LogP contribution in [0.3, 0.4) is 0 Å². The smallest absolute Gasteiger partial charge is 0.129 e. The molecule has 0 amide bonds. The number of benzene rings is 1. The largest absolute Gasteiger partial charge is 0.329 e. The van der Waals surface area contributed by atoms with E-state index in [-0.39, 0.29) is 11.9 Å². The average molecular weight is 273 g/mol. The molecule has 1 aromatic rings. The zero-order valence-electron chi connectivity index (χ0n) is 11.5. The maximum Gasteiger partial charge on any atom is 0.129 e. The van der Waals surface area contributed by atoms with Crippen molar-refractivity contribution >= 4 is 11.6 Å². The van der Waals surface area contributed by atoms with Crippen molar-refractivity contribution in [2.24, 2.45) is 11.7 Å². The van der Waals surface area contributed by atoms with Crippen LogP contribution in [0.15, 0.2) is 18.2 Å². The van der Waals surface area contributed by atoms with Crippen molar-refractivity contribution in [1.29, 1.82) is 0 Å². The van der Waals surface area contributed by atoms with Gasteiger partial charge in [0.1, 0.15) is 5.82 Å². The number of nitrogens with zero attached hydrogens (tertiary/aromatic N) is 1. The molecule has 0 aliphatic carbocycles. The van der Waals surface area contributed by atoms with Crippen molar-refractivity contribution in [2.75, 3.05) is 13.6 Å². The van der Waals surface area contributed by atoms with E-state index in [0.717, 1.165) is 0 Å². The van der Waals surface area contributed by atoms with Gasteiger partial charge in [0.2, 0.25) is 0 Å². The van der Waals surface area contributed by atoms with Gasteiger partial charge in [-0.2, -0.15) is 0 Å². The second-order valence-electron chi connectivity index (χ2n) is 5.07. The Morgan fingerprint density at radius 3 is 2.39 bits per heavy atom. The van der Waals surface area contributed by atoms with Crippen LogP contribution in [0, 0.1) is 11.7 Å². The van der Waals surface area contributed by atoms with Gasteiger partial charge in [0.25, 0.3) is 0 Å². The van der Waals surface area contributed by atoms with Gasteiger partial charge in [-0.15, -0.1) is 0 Å². The van der Waals surface area contributed by atoms with Crippen LogP contribution < -0.4 is 5.73 Å². The normalized spacial score (nSPS) is 15.2. The molecular formula is C14H22ClFN2. The summed E-state index contributed by atoms with van der Waals surface area (Å²) in [7, 11) is 1.98. The number of hydrogen-bond acceptors (Lipinski definition) is 2. The molecule has 0 saturated heterocycles. The fourth-order valence-corrected chi connectivity index (χ4v) is 2.20. The highest BCUT2D eigenvalue weighted by atomic mass is 35.5. The van der Waals surface area contributed by atoms with E-state index in [1.807, 2.05) is 7.05 Å². The Bertz CT molecular complexity index is 395. The van der Waals surface area contributed by atoms with Gasteiger partial charge in [-0.3, -0.25) is 4.90 Å². The van der Waals surface area contributed by atoms with Crippen molar-refractivity contribution in [3.8, 4) is 0 Å². The van der Waals surface area contributed by atoms with Crippen LogP contribution in [-0.4, -0.2) is 24.5 Å². The molecule has 18 heavy (non-hydrogen) atoms. The van der Waals surface area contributed by atoms with Crippen molar-refractivity contribution in [2.45, 2.75) is 32.9 Å². The summed E-state index contributed by atoms with van der Waals surface area (Å²) >= 11 is 5.77. The molecule has 2 atom stereocenters. The Morgan fingerprint density at radius 1 is 1.33 bits per heavy atom. The Labute approximate surface area is 114 Å². The van der Waals surface area contributed by atoms with Crippen LogP contribution in [0.25, 0.3) is 0 Å². The lowest BCUT2D eigenvalue weighted by molar-refractivity contribution is 0.149. The summed E-state index contributed by atoms with van der Waals surface area (Å²) in [6.45, 7) is 6.80. The van der Waals surface area contributed by atoms with E-state index in [1.165, 1.54) is 6.07 Å². The summed E-state index contributed by atoms with van der Waals surface area (Å²) in [4.78, 5) is 2.12. The monoisotopic (exact) mass is 272 g/mol. The minimum Gasteiger partial charge on any atom is -0.329 e. The van der Waals surface area contributed by atoms with Crippen molar-refractivity contribution < 1.29 is 4.39 Å². The lowest BCUT2D eigenvalue weighted by Gasteiger charge is -2.35. The second kappa shape index (κ2) is 6.50. The summed E-state index contributed by atoms with van der Waals surface area (Å²) in [5.74, 6) is 0.195. The molecule has 0 aliphatic rings. The molecule has 2 N–H and O–H groups in total. The first-order valence-electron chi connectivity index (χ1n) is 6.25. The van der Waals surface area contributed by atoms with E-state index in [1.54, 1.807) is 12.1 Å². The predicted octanol–water partition coefficient (Wildman–Crippen LogP) is 3.46. The third-order valence-electron chi connectivity index (χ3n) is 3.64. The first kappa shape index (κ1) is 15.4. The molecule has 1 aromatic carbocycles. The SMILES string of the molecule is CC(C)C(C)N(C)C(CN)c1ccc(Cl)cc1F. The predicted molar refractivity (Wildman–Crippen MR) is 75.3 cm³/mol. The van der Waals surface area contributed by atoms with E-state index in [2.05, 4.69) is 25.7 Å². The summed E-state index contributed by atoms with van der Waals surface area (Å²) in [5, 5.41) is 0.409. The molecule has 0 saturated carbocycles. The van der Waals surface area contributed by atoms with E-state index < -0.39 is 0 Å². The van der Waals surface area contributed by atoms with E-state index in [4.69, 9.17) is 17.3 Å². The number of hydrogen-bond donors (Lipinski definition) is 1. The van der Waals surface area contributed by atoms with Gasteiger partial charge in [-0.05, 0) is 32.0 Å². The second-order valence-corrected chi connectivity index (χ2v) is 5.50. The topological polar surface area (TPSA) is 29.3 Å². The highest BCUT2D eigenvalue weighted by Crippen LogP contribution is 2.27. The number of halogens is 2. The zero-order chi connectivity index (χ0) is 13.9. The van der Waals surface area contributed by atoms with Gasteiger partial charge in [0.15, 0.2) is 0 Å². The highest BCUT2D eigenvalue weighted by Gasteiger charge is 2.24. The fraction of sp³-hybridized carbons (Fsp3) is 0.571. The minimum atomic E-state index is -0.291. The van der Waals surface area contributed by atoms with Gasteiger partial charge in [-0.1, -0.05) is 31.5 Å². The van der Waals surface area contributed by atoms with Crippen LogP contribution >= 0.6 is 11.6 Å². The lowest BCUT2D eigenvalue weighted by atomic mass is 9.99. The summed E-state index contributed by atoms with van der Waals surface area (Å²) in [6.07, 6.45) is 0. The molecule has 0 aromatic heterocycles. The molecule has 1 rings (SSSR count). The Balaban J connectivity index is 3.02. The molecule has 2 nitrogen and oxygen atoms in total. The number of nitrogens with two attached hydrogens (primary N) is 1. The third kappa shape index (κ3) is 3.44. The van der Waals surface area contributed by atoms with Gasteiger partial charge in [0.05, 0.1) is 0 Å². The Kier molecular flexibility index (Phi) is 5.57. The molecule has 0 fully saturated rings. The van der Waals surface area contributed by atoms with E-state index in [9.17, 15) is 4.39 Å². The maximum absolute atomic E-state index is 13.9. The van der Waals surface area contributed by atoms with Crippen LogP contribution in [0.2, 0.25) is 5.02 Å². The van der Waals surface area contributed by atoms with Gasteiger partial charge < -0.3 is 5.73 Å². The van der Waals surface area contributed by atoms with Crippen molar-refractivity contribution in [3.05, 3.63) is 34.6 Å². The van der Waals surface area contributed by atoms with Crippen molar-refractivity contribution in [3.63, 3.8) is 0 Å². The molecule has 0 aliphatic heterocycles. The molecule has 0 spiro atoms. The first-order chi connectivity index (χ1) is 8.38. The van der Waals surface area contributed by atoms with E-state index in [0.29, 0.717) is 29.1 Å². The molecule has 4 heteroatoms. The molecule has 0 heterocycles. The lowest BCUT2D eigenvalue weighted by Crippen LogP contribution is -2.40. The van der Waals surface area contributed by atoms with Gasteiger partial charge in [-0.25, -0.2) is 4.39 Å². The Hall–Kier alpha value is -0.640. The van der Waals surface area contributed by atoms with Crippen LogP contribution in [-0.2, 0) is 0 Å². The van der Waals surface area contributed by atoms with Crippen LogP contribution in [0.1, 0.15) is 32.4 Å². The zero-order valence-corrected chi connectivity index (χ0v) is 12.2. The quantitative estimate of drug-likeness (QED) is 0.890. The molecule has 2 unspecified atom stereocenters. The minimum absolute atomic E-state index is 0.125.